The Labute approximate surface area is 120 Å². The van der Waals surface area contributed by atoms with E-state index < -0.39 is 0 Å². The van der Waals surface area contributed by atoms with E-state index in [0.717, 1.165) is 23.2 Å². The fraction of sp³-hybridized carbons (Fsp3) is 0.462. The molecule has 3 rings (SSSR count). The van der Waals surface area contributed by atoms with Crippen LogP contribution in [-0.4, -0.2) is 28.2 Å². The Balaban J connectivity index is 2.17. The van der Waals surface area contributed by atoms with E-state index in [1.807, 2.05) is 11.8 Å². The summed E-state index contributed by atoms with van der Waals surface area (Å²) in [7, 11) is 1.48. The molecule has 1 aromatic carbocycles. The van der Waals surface area contributed by atoms with Crippen molar-refractivity contribution in [2.45, 2.75) is 18.9 Å². The predicted molar refractivity (Wildman–Crippen MR) is 79.2 cm³/mol. The number of thioether (sulfide) groups is 1. The molecule has 1 saturated heterocycles. The minimum Gasteiger partial charge on any atom is -0.494 e. The largest absolute Gasteiger partial charge is 0.494 e. The topological polar surface area (TPSA) is 29.9 Å². The molecule has 0 bridgehead atoms. The molecule has 3 nitrogen and oxygen atoms in total. The maximum Gasteiger partial charge on any atom is 0.178 e. The summed E-state index contributed by atoms with van der Waals surface area (Å²) < 4.78 is 21.5. The number of nitrogens with one attached hydrogen (secondary N) is 1. The molecule has 1 aliphatic heterocycles. The zero-order valence-electron chi connectivity index (χ0n) is 10.6. The highest BCUT2D eigenvalue weighted by atomic mass is 32.2. The van der Waals surface area contributed by atoms with E-state index in [1.54, 1.807) is 6.07 Å². The molecule has 0 saturated carbocycles. The number of aromatic amines is 1. The van der Waals surface area contributed by atoms with Crippen molar-refractivity contribution in [3.05, 3.63) is 22.7 Å². The van der Waals surface area contributed by atoms with Crippen LogP contribution in [0.25, 0.3) is 11.0 Å². The summed E-state index contributed by atoms with van der Waals surface area (Å²) in [4.78, 5) is 3.09. The SMILES string of the molecule is COc1cc2c(cc1F)[nH]c(=S)n2C1CCCSC1. The Bertz CT molecular complexity index is 658. The van der Waals surface area contributed by atoms with Gasteiger partial charge in [0.1, 0.15) is 0 Å². The number of nitrogens with zero attached hydrogens (tertiary/aromatic N) is 1. The third kappa shape index (κ3) is 2.27. The molecule has 1 unspecified atom stereocenters. The fourth-order valence-electron chi connectivity index (χ4n) is 2.57. The van der Waals surface area contributed by atoms with Crippen LogP contribution in [0.2, 0.25) is 0 Å². The molecule has 0 amide bonds. The van der Waals surface area contributed by atoms with Crippen LogP contribution in [-0.2, 0) is 0 Å². The van der Waals surface area contributed by atoms with Gasteiger partial charge in [0, 0.05) is 23.9 Å². The summed E-state index contributed by atoms with van der Waals surface area (Å²) in [6, 6.07) is 3.57. The van der Waals surface area contributed by atoms with Gasteiger partial charge in [0.25, 0.3) is 0 Å². The second-order valence-electron chi connectivity index (χ2n) is 4.68. The standard InChI is InChI=1S/C13H15FN2OS2/c1-17-12-6-11-10(5-9(12)14)15-13(18)16(11)8-3-2-4-19-7-8/h5-6,8H,2-4,7H2,1H3,(H,15,18). The first-order valence-corrected chi connectivity index (χ1v) is 7.82. The maximum atomic E-state index is 13.7. The maximum absolute atomic E-state index is 13.7. The van der Waals surface area contributed by atoms with Gasteiger partial charge in [-0.25, -0.2) is 4.39 Å². The van der Waals surface area contributed by atoms with Crippen LogP contribution in [0, 0.1) is 10.6 Å². The van der Waals surface area contributed by atoms with Crippen molar-refractivity contribution in [3.8, 4) is 5.75 Å². The molecule has 1 atom stereocenters. The number of hydrogen-bond donors (Lipinski definition) is 1. The highest BCUT2D eigenvalue weighted by molar-refractivity contribution is 7.99. The molecular weight excluding hydrogens is 283 g/mol. The molecule has 1 aromatic heterocycles. The smallest absolute Gasteiger partial charge is 0.178 e. The number of aromatic nitrogens is 2. The lowest BCUT2D eigenvalue weighted by molar-refractivity contribution is 0.387. The van der Waals surface area contributed by atoms with Crippen molar-refractivity contribution in [1.82, 2.24) is 9.55 Å². The van der Waals surface area contributed by atoms with Gasteiger partial charge in [-0.05, 0) is 30.8 Å². The van der Waals surface area contributed by atoms with E-state index in [2.05, 4.69) is 9.55 Å². The number of rotatable bonds is 2. The van der Waals surface area contributed by atoms with Crippen molar-refractivity contribution < 1.29 is 9.13 Å². The average molecular weight is 298 g/mol. The Hall–Kier alpha value is -1.01. The van der Waals surface area contributed by atoms with Crippen molar-refractivity contribution in [2.24, 2.45) is 0 Å². The molecule has 0 radical (unpaired) electrons. The van der Waals surface area contributed by atoms with Gasteiger partial charge in [0.15, 0.2) is 16.3 Å². The molecule has 1 aliphatic rings. The fourth-order valence-corrected chi connectivity index (χ4v) is 4.06. The molecular formula is C13H15FN2OS2. The van der Waals surface area contributed by atoms with Gasteiger partial charge in [0.05, 0.1) is 18.1 Å². The van der Waals surface area contributed by atoms with Crippen molar-refractivity contribution >= 4 is 35.0 Å². The molecule has 102 valence electrons. The summed E-state index contributed by atoms with van der Waals surface area (Å²) in [5, 5.41) is 0. The van der Waals surface area contributed by atoms with Crippen LogP contribution in [0.3, 0.4) is 0 Å². The normalized spacial score (nSPS) is 19.8. The monoisotopic (exact) mass is 298 g/mol. The minimum absolute atomic E-state index is 0.263. The van der Waals surface area contributed by atoms with Gasteiger partial charge in [-0.3, -0.25) is 0 Å². The minimum atomic E-state index is -0.364. The van der Waals surface area contributed by atoms with Crippen molar-refractivity contribution in [2.75, 3.05) is 18.6 Å². The van der Waals surface area contributed by atoms with Crippen molar-refractivity contribution in [1.29, 1.82) is 0 Å². The zero-order valence-corrected chi connectivity index (χ0v) is 12.2. The molecule has 1 N–H and O–H groups in total. The van der Waals surface area contributed by atoms with E-state index in [0.29, 0.717) is 10.8 Å². The summed E-state index contributed by atoms with van der Waals surface area (Å²) in [5.41, 5.74) is 1.66. The van der Waals surface area contributed by atoms with Gasteiger partial charge < -0.3 is 14.3 Å². The number of hydrogen-bond acceptors (Lipinski definition) is 3. The van der Waals surface area contributed by atoms with E-state index in [4.69, 9.17) is 17.0 Å². The second-order valence-corrected chi connectivity index (χ2v) is 6.21. The Morgan fingerprint density at radius 2 is 2.37 bits per heavy atom. The molecule has 0 spiro atoms. The zero-order chi connectivity index (χ0) is 13.4. The summed E-state index contributed by atoms with van der Waals surface area (Å²) in [6.45, 7) is 0. The van der Waals surface area contributed by atoms with Gasteiger partial charge in [-0.1, -0.05) is 0 Å². The van der Waals surface area contributed by atoms with Crippen LogP contribution in [0.1, 0.15) is 18.9 Å². The van der Waals surface area contributed by atoms with Crippen LogP contribution in [0.15, 0.2) is 12.1 Å². The van der Waals surface area contributed by atoms with Gasteiger partial charge in [0.2, 0.25) is 0 Å². The molecule has 6 heteroatoms. The van der Waals surface area contributed by atoms with Gasteiger partial charge in [-0.15, -0.1) is 0 Å². The number of methoxy groups -OCH3 is 1. The van der Waals surface area contributed by atoms with E-state index >= 15 is 0 Å². The third-order valence-corrected chi connectivity index (χ3v) is 4.99. The summed E-state index contributed by atoms with van der Waals surface area (Å²) >= 11 is 7.34. The highest BCUT2D eigenvalue weighted by Gasteiger charge is 2.20. The molecule has 0 aliphatic carbocycles. The van der Waals surface area contributed by atoms with Crippen molar-refractivity contribution in [3.63, 3.8) is 0 Å². The first-order chi connectivity index (χ1) is 9.20. The Morgan fingerprint density at radius 1 is 1.53 bits per heavy atom. The molecule has 2 aromatic rings. The lowest BCUT2D eigenvalue weighted by Gasteiger charge is -2.23. The van der Waals surface area contributed by atoms with Crippen LogP contribution in [0.4, 0.5) is 4.39 Å². The van der Waals surface area contributed by atoms with E-state index in [9.17, 15) is 4.39 Å². The van der Waals surface area contributed by atoms with Crippen LogP contribution >= 0.6 is 24.0 Å². The molecule has 19 heavy (non-hydrogen) atoms. The highest BCUT2D eigenvalue weighted by Crippen LogP contribution is 2.32. The predicted octanol–water partition coefficient (Wildman–Crippen LogP) is 3.91. The number of fused-ring (bicyclic) bond motifs is 1. The van der Waals surface area contributed by atoms with Crippen LogP contribution < -0.4 is 4.74 Å². The average Bonchev–Trinajstić information content (AvgIpc) is 2.73. The number of benzene rings is 1. The van der Waals surface area contributed by atoms with E-state index in [-0.39, 0.29) is 11.6 Å². The van der Waals surface area contributed by atoms with Gasteiger partial charge >= 0.3 is 0 Å². The first kappa shape index (κ1) is 13.0. The molecule has 2 heterocycles. The van der Waals surface area contributed by atoms with Gasteiger partial charge in [-0.2, -0.15) is 11.8 Å². The number of halogens is 1. The Kier molecular flexibility index (Phi) is 3.54. The number of imidazole rings is 1. The number of H-pyrrole nitrogens is 1. The first-order valence-electron chi connectivity index (χ1n) is 6.26. The number of ether oxygens (including phenoxy) is 1. The Morgan fingerprint density at radius 3 is 3.05 bits per heavy atom. The second kappa shape index (κ2) is 5.17. The van der Waals surface area contributed by atoms with Crippen LogP contribution in [0.5, 0.6) is 5.75 Å². The summed E-state index contributed by atoms with van der Waals surface area (Å²) in [5.74, 6) is 2.17. The lowest BCUT2D eigenvalue weighted by Crippen LogP contribution is -2.16. The quantitative estimate of drug-likeness (QED) is 0.852. The summed E-state index contributed by atoms with van der Waals surface area (Å²) in [6.07, 6.45) is 2.32. The third-order valence-electron chi connectivity index (χ3n) is 3.49. The van der Waals surface area contributed by atoms with E-state index in [1.165, 1.54) is 25.3 Å². The molecule has 1 fully saturated rings. The lowest BCUT2D eigenvalue weighted by atomic mass is 10.1.